The molecule has 0 spiro atoms. The van der Waals surface area contributed by atoms with E-state index in [4.69, 9.17) is 0 Å². The summed E-state index contributed by atoms with van der Waals surface area (Å²) >= 11 is 1.70. The van der Waals surface area contributed by atoms with Crippen molar-refractivity contribution in [2.45, 2.75) is 20.0 Å². The van der Waals surface area contributed by atoms with Crippen LogP contribution in [0.15, 0.2) is 64.8 Å². The Labute approximate surface area is 169 Å². The number of aromatic nitrogens is 2. The molecule has 3 rings (SSSR count). The summed E-state index contributed by atoms with van der Waals surface area (Å²) in [4.78, 5) is 8.78. The molecule has 2 heterocycles. The predicted octanol–water partition coefficient (Wildman–Crippen LogP) is 3.81. The van der Waals surface area contributed by atoms with Gasteiger partial charge < -0.3 is 15.2 Å². The van der Waals surface area contributed by atoms with Gasteiger partial charge in [-0.05, 0) is 40.9 Å². The molecule has 0 aliphatic heterocycles. The number of halogens is 1. The Morgan fingerprint density at radius 2 is 2.12 bits per heavy atom. The molecule has 0 atom stereocenters. The third-order valence-corrected chi connectivity index (χ3v) is 4.30. The Balaban J connectivity index is 0.00000225. The molecule has 0 saturated carbocycles. The van der Waals surface area contributed by atoms with Crippen molar-refractivity contribution in [3.8, 4) is 5.69 Å². The highest BCUT2D eigenvalue weighted by molar-refractivity contribution is 14.0. The van der Waals surface area contributed by atoms with Crippen molar-refractivity contribution in [2.24, 2.45) is 4.99 Å². The number of guanidine groups is 1. The van der Waals surface area contributed by atoms with Crippen LogP contribution in [0.3, 0.4) is 0 Å². The maximum absolute atomic E-state index is 4.65. The standard InChI is InChI=1S/C18H21N5S.HI/c1-2-20-18(21-11-15-7-10-24-13-15)22-12-16-5-3-4-6-17(16)23-9-8-19-14-23;/h3-10,13-14H,2,11-12H2,1H3,(H2,20,21,22);1H. The van der Waals surface area contributed by atoms with Crippen LogP contribution >= 0.6 is 35.3 Å². The van der Waals surface area contributed by atoms with Crippen molar-refractivity contribution in [3.63, 3.8) is 0 Å². The van der Waals surface area contributed by atoms with Crippen LogP contribution in [0.5, 0.6) is 0 Å². The van der Waals surface area contributed by atoms with Crippen LogP contribution in [0.2, 0.25) is 0 Å². The summed E-state index contributed by atoms with van der Waals surface area (Å²) in [6, 6.07) is 10.4. The maximum Gasteiger partial charge on any atom is 0.191 e. The number of nitrogens with zero attached hydrogens (tertiary/aromatic N) is 3. The van der Waals surface area contributed by atoms with Crippen LogP contribution in [-0.4, -0.2) is 22.1 Å². The first-order valence-electron chi connectivity index (χ1n) is 7.96. The molecule has 0 amide bonds. The van der Waals surface area contributed by atoms with E-state index in [0.29, 0.717) is 13.1 Å². The zero-order chi connectivity index (χ0) is 16.6. The molecule has 132 valence electrons. The highest BCUT2D eigenvalue weighted by Gasteiger charge is 2.05. The van der Waals surface area contributed by atoms with Crippen molar-refractivity contribution in [3.05, 3.63) is 70.9 Å². The summed E-state index contributed by atoms with van der Waals surface area (Å²) < 4.78 is 2.02. The molecule has 0 aliphatic carbocycles. The lowest BCUT2D eigenvalue weighted by Crippen LogP contribution is -2.37. The fourth-order valence-corrected chi connectivity index (χ4v) is 3.05. The smallest absolute Gasteiger partial charge is 0.191 e. The minimum Gasteiger partial charge on any atom is -0.357 e. The van der Waals surface area contributed by atoms with E-state index in [0.717, 1.165) is 18.2 Å². The van der Waals surface area contributed by atoms with E-state index >= 15 is 0 Å². The molecule has 25 heavy (non-hydrogen) atoms. The first kappa shape index (κ1) is 19.5. The number of rotatable bonds is 6. The number of aliphatic imine (C=N–C) groups is 1. The second kappa shape index (κ2) is 10.2. The average Bonchev–Trinajstić information content (AvgIpc) is 3.31. The predicted molar refractivity (Wildman–Crippen MR) is 115 cm³/mol. The van der Waals surface area contributed by atoms with Gasteiger partial charge in [0, 0.05) is 25.5 Å². The third-order valence-electron chi connectivity index (χ3n) is 3.56. The second-order valence-corrected chi connectivity index (χ2v) is 6.06. The highest BCUT2D eigenvalue weighted by atomic mass is 127. The van der Waals surface area contributed by atoms with E-state index in [-0.39, 0.29) is 24.0 Å². The lowest BCUT2D eigenvalue weighted by atomic mass is 10.1. The lowest BCUT2D eigenvalue weighted by Gasteiger charge is -2.14. The van der Waals surface area contributed by atoms with Gasteiger partial charge in [0.1, 0.15) is 0 Å². The molecule has 5 nitrogen and oxygen atoms in total. The first-order chi connectivity index (χ1) is 11.9. The SMILES string of the molecule is CCNC(=NCc1ccsc1)NCc1ccccc1-n1ccnc1.I. The van der Waals surface area contributed by atoms with Crippen LogP contribution in [0.25, 0.3) is 5.69 Å². The minimum atomic E-state index is 0. The van der Waals surface area contributed by atoms with E-state index in [1.165, 1.54) is 11.1 Å². The van der Waals surface area contributed by atoms with E-state index < -0.39 is 0 Å². The normalized spacial score (nSPS) is 11.0. The molecule has 0 fully saturated rings. The van der Waals surface area contributed by atoms with Gasteiger partial charge in [0.05, 0.1) is 18.6 Å². The maximum atomic E-state index is 4.65. The monoisotopic (exact) mass is 467 g/mol. The van der Waals surface area contributed by atoms with Crippen LogP contribution in [0.4, 0.5) is 0 Å². The Morgan fingerprint density at radius 3 is 2.84 bits per heavy atom. The Morgan fingerprint density at radius 1 is 1.24 bits per heavy atom. The first-order valence-corrected chi connectivity index (χ1v) is 8.90. The van der Waals surface area contributed by atoms with Gasteiger partial charge in [0.2, 0.25) is 0 Å². The fraction of sp³-hybridized carbons (Fsp3) is 0.222. The zero-order valence-electron chi connectivity index (χ0n) is 14.1. The lowest BCUT2D eigenvalue weighted by molar-refractivity contribution is 0.810. The molecular formula is C18H22IN5S. The zero-order valence-corrected chi connectivity index (χ0v) is 17.2. The van der Waals surface area contributed by atoms with Crippen molar-refractivity contribution in [1.82, 2.24) is 20.2 Å². The molecule has 1 aromatic carbocycles. The Bertz CT molecular complexity index is 769. The summed E-state index contributed by atoms with van der Waals surface area (Å²) in [5, 5.41) is 10.9. The van der Waals surface area contributed by atoms with Crippen LogP contribution in [-0.2, 0) is 13.1 Å². The third kappa shape index (κ3) is 5.57. The summed E-state index contributed by atoms with van der Waals surface area (Å²) in [7, 11) is 0. The summed E-state index contributed by atoms with van der Waals surface area (Å²) in [6.07, 6.45) is 5.56. The van der Waals surface area contributed by atoms with E-state index in [1.807, 2.05) is 29.2 Å². The van der Waals surface area contributed by atoms with E-state index in [1.54, 1.807) is 17.5 Å². The van der Waals surface area contributed by atoms with Crippen LogP contribution in [0, 0.1) is 0 Å². The summed E-state index contributed by atoms with van der Waals surface area (Å²) in [6.45, 7) is 4.28. The molecule has 3 aromatic rings. The molecule has 0 unspecified atom stereocenters. The molecule has 7 heteroatoms. The minimum absolute atomic E-state index is 0. The number of nitrogens with one attached hydrogen (secondary N) is 2. The van der Waals surface area contributed by atoms with Gasteiger partial charge >= 0.3 is 0 Å². The molecule has 0 saturated heterocycles. The van der Waals surface area contributed by atoms with Crippen LogP contribution < -0.4 is 10.6 Å². The topological polar surface area (TPSA) is 54.2 Å². The molecule has 2 aromatic heterocycles. The molecule has 0 radical (unpaired) electrons. The summed E-state index contributed by atoms with van der Waals surface area (Å²) in [5.41, 5.74) is 3.55. The van der Waals surface area contributed by atoms with Gasteiger partial charge in [-0.2, -0.15) is 11.3 Å². The second-order valence-electron chi connectivity index (χ2n) is 5.28. The number of hydrogen-bond donors (Lipinski definition) is 2. The highest BCUT2D eigenvalue weighted by Crippen LogP contribution is 2.13. The number of benzene rings is 1. The average molecular weight is 467 g/mol. The number of thiophene rings is 1. The van der Waals surface area contributed by atoms with Crippen molar-refractivity contribution >= 4 is 41.3 Å². The number of hydrogen-bond acceptors (Lipinski definition) is 3. The van der Waals surface area contributed by atoms with Crippen molar-refractivity contribution in [2.75, 3.05) is 6.54 Å². The quantitative estimate of drug-likeness (QED) is 0.330. The number of imidazole rings is 1. The van der Waals surface area contributed by atoms with Gasteiger partial charge in [-0.15, -0.1) is 24.0 Å². The van der Waals surface area contributed by atoms with Crippen LogP contribution in [0.1, 0.15) is 18.1 Å². The van der Waals surface area contributed by atoms with E-state index in [9.17, 15) is 0 Å². The summed E-state index contributed by atoms with van der Waals surface area (Å²) in [5.74, 6) is 0.823. The largest absolute Gasteiger partial charge is 0.357 e. The van der Waals surface area contributed by atoms with E-state index in [2.05, 4.69) is 56.5 Å². The van der Waals surface area contributed by atoms with Gasteiger partial charge in [-0.3, -0.25) is 0 Å². The van der Waals surface area contributed by atoms with Crippen molar-refractivity contribution < 1.29 is 0 Å². The molecule has 0 aliphatic rings. The Kier molecular flexibility index (Phi) is 7.93. The van der Waals surface area contributed by atoms with Gasteiger partial charge in [-0.25, -0.2) is 9.98 Å². The fourth-order valence-electron chi connectivity index (χ4n) is 2.39. The van der Waals surface area contributed by atoms with Gasteiger partial charge in [0.15, 0.2) is 5.96 Å². The Hall–Kier alpha value is -1.87. The van der Waals surface area contributed by atoms with Gasteiger partial charge in [0.25, 0.3) is 0 Å². The number of para-hydroxylation sites is 1. The van der Waals surface area contributed by atoms with Gasteiger partial charge in [-0.1, -0.05) is 18.2 Å². The molecular weight excluding hydrogens is 445 g/mol. The molecule has 2 N–H and O–H groups in total. The molecule has 0 bridgehead atoms. The van der Waals surface area contributed by atoms with Crippen molar-refractivity contribution in [1.29, 1.82) is 0 Å².